The van der Waals surface area contributed by atoms with Crippen LogP contribution in [0.4, 0.5) is 5.69 Å². The van der Waals surface area contributed by atoms with Crippen LogP contribution < -0.4 is 0 Å². The van der Waals surface area contributed by atoms with E-state index < -0.39 is 10.9 Å². The second-order valence-corrected chi connectivity index (χ2v) is 4.14. The van der Waals surface area contributed by atoms with Crippen LogP contribution in [0.3, 0.4) is 0 Å². The molecule has 0 aliphatic heterocycles. The van der Waals surface area contributed by atoms with Crippen molar-refractivity contribution in [2.24, 2.45) is 0 Å². The van der Waals surface area contributed by atoms with Gasteiger partial charge in [-0.2, -0.15) is 5.10 Å². The maximum atomic E-state index is 11.1. The molecule has 0 radical (unpaired) electrons. The van der Waals surface area contributed by atoms with Gasteiger partial charge in [-0.05, 0) is 30.2 Å². The topological polar surface area (TPSA) is 98.3 Å². The molecule has 0 amide bonds. The molecule has 0 fully saturated rings. The summed E-state index contributed by atoms with van der Waals surface area (Å²) in [6.45, 7) is 1.83. The molecule has 7 heteroatoms. The van der Waals surface area contributed by atoms with Crippen molar-refractivity contribution in [3.05, 3.63) is 57.9 Å². The zero-order valence-corrected chi connectivity index (χ0v) is 10.6. The highest BCUT2D eigenvalue weighted by molar-refractivity contribution is 5.85. The molecule has 0 bridgehead atoms. The van der Waals surface area contributed by atoms with Crippen molar-refractivity contribution in [3.8, 4) is 5.69 Å². The lowest BCUT2D eigenvalue weighted by Crippen LogP contribution is -2.01. The molecule has 1 heterocycles. The maximum absolute atomic E-state index is 11.1. The molecule has 1 aromatic carbocycles. The first-order valence-corrected chi connectivity index (χ1v) is 5.68. The number of rotatable bonds is 4. The molecule has 1 N–H and O–H groups in total. The second-order valence-electron chi connectivity index (χ2n) is 4.14. The standard InChI is InChI=1S/C13H11N3O4/c1-9-7-14-15(8-9)11-4-2-10(3-5-13(17)18)6-12(11)16(19)20/h2-8H,1H3,(H,17,18)/b5-3+. The number of nitro benzene ring substituents is 1. The molecule has 0 unspecified atom stereocenters. The van der Waals surface area contributed by atoms with E-state index in [1.54, 1.807) is 18.5 Å². The lowest BCUT2D eigenvalue weighted by molar-refractivity contribution is -0.384. The van der Waals surface area contributed by atoms with Gasteiger partial charge in [0.05, 0.1) is 11.1 Å². The minimum Gasteiger partial charge on any atom is -0.478 e. The van der Waals surface area contributed by atoms with Crippen LogP contribution in [0.25, 0.3) is 11.8 Å². The van der Waals surface area contributed by atoms with Crippen molar-refractivity contribution in [1.82, 2.24) is 9.78 Å². The Bertz CT molecular complexity index is 703. The molecular weight excluding hydrogens is 262 g/mol. The van der Waals surface area contributed by atoms with Gasteiger partial charge in [0.2, 0.25) is 0 Å². The third kappa shape index (κ3) is 2.89. The van der Waals surface area contributed by atoms with Crippen LogP contribution in [0, 0.1) is 17.0 Å². The van der Waals surface area contributed by atoms with Crippen LogP contribution >= 0.6 is 0 Å². The number of hydrogen-bond donors (Lipinski definition) is 1. The molecule has 0 saturated heterocycles. The number of aliphatic carboxylic acids is 1. The van der Waals surface area contributed by atoms with Crippen LogP contribution in [0.1, 0.15) is 11.1 Å². The lowest BCUT2D eigenvalue weighted by Gasteiger charge is -2.03. The number of carboxylic acids is 1. The number of nitrogens with zero attached hydrogens (tertiary/aromatic N) is 3. The number of aromatic nitrogens is 2. The average Bonchev–Trinajstić information content (AvgIpc) is 2.82. The largest absolute Gasteiger partial charge is 0.478 e. The van der Waals surface area contributed by atoms with E-state index in [9.17, 15) is 14.9 Å². The van der Waals surface area contributed by atoms with Gasteiger partial charge in [-0.1, -0.05) is 6.07 Å². The van der Waals surface area contributed by atoms with Crippen LogP contribution in [-0.2, 0) is 4.79 Å². The van der Waals surface area contributed by atoms with E-state index in [-0.39, 0.29) is 5.69 Å². The van der Waals surface area contributed by atoms with Gasteiger partial charge < -0.3 is 5.11 Å². The number of carboxylic acid groups (broad SMARTS) is 1. The first kappa shape index (κ1) is 13.5. The molecule has 7 nitrogen and oxygen atoms in total. The van der Waals surface area contributed by atoms with Crippen molar-refractivity contribution in [2.75, 3.05) is 0 Å². The fourth-order valence-electron chi connectivity index (χ4n) is 1.70. The van der Waals surface area contributed by atoms with E-state index >= 15 is 0 Å². The van der Waals surface area contributed by atoms with E-state index in [2.05, 4.69) is 5.10 Å². The number of hydrogen-bond acceptors (Lipinski definition) is 4. The highest BCUT2D eigenvalue weighted by Gasteiger charge is 2.16. The molecule has 0 aliphatic rings. The quantitative estimate of drug-likeness (QED) is 0.523. The Morgan fingerprint density at radius 1 is 1.50 bits per heavy atom. The van der Waals surface area contributed by atoms with E-state index in [4.69, 9.17) is 5.11 Å². The molecule has 20 heavy (non-hydrogen) atoms. The van der Waals surface area contributed by atoms with Gasteiger partial charge in [0.1, 0.15) is 5.69 Å². The zero-order chi connectivity index (χ0) is 14.7. The summed E-state index contributed by atoms with van der Waals surface area (Å²) in [5.74, 6) is -1.11. The molecule has 2 rings (SSSR count). The normalized spacial score (nSPS) is 10.8. The van der Waals surface area contributed by atoms with Crippen molar-refractivity contribution in [1.29, 1.82) is 0 Å². The lowest BCUT2D eigenvalue weighted by atomic mass is 10.1. The molecule has 0 spiro atoms. The summed E-state index contributed by atoms with van der Waals surface area (Å²) < 4.78 is 1.41. The van der Waals surface area contributed by atoms with Crippen LogP contribution in [0.5, 0.6) is 0 Å². The van der Waals surface area contributed by atoms with Crippen molar-refractivity contribution in [2.45, 2.75) is 6.92 Å². The van der Waals surface area contributed by atoms with Crippen molar-refractivity contribution >= 4 is 17.7 Å². The van der Waals surface area contributed by atoms with E-state index in [1.165, 1.54) is 22.9 Å². The van der Waals surface area contributed by atoms with Gasteiger partial charge in [-0.15, -0.1) is 0 Å². The minimum atomic E-state index is -1.11. The fourth-order valence-corrected chi connectivity index (χ4v) is 1.70. The highest BCUT2D eigenvalue weighted by atomic mass is 16.6. The van der Waals surface area contributed by atoms with E-state index in [1.807, 2.05) is 6.92 Å². The van der Waals surface area contributed by atoms with Gasteiger partial charge in [0.25, 0.3) is 5.69 Å². The zero-order valence-electron chi connectivity index (χ0n) is 10.6. The molecule has 1 aromatic heterocycles. The smallest absolute Gasteiger partial charge is 0.328 e. The monoisotopic (exact) mass is 273 g/mol. The molecule has 0 aliphatic carbocycles. The average molecular weight is 273 g/mol. The molecule has 2 aromatic rings. The highest BCUT2D eigenvalue weighted by Crippen LogP contribution is 2.24. The summed E-state index contributed by atoms with van der Waals surface area (Å²) >= 11 is 0. The summed E-state index contributed by atoms with van der Waals surface area (Å²) in [6, 6.07) is 4.44. The summed E-state index contributed by atoms with van der Waals surface area (Å²) in [5.41, 5.74) is 1.51. The predicted octanol–water partition coefficient (Wildman–Crippen LogP) is 2.19. The van der Waals surface area contributed by atoms with E-state index in [0.717, 1.165) is 11.6 Å². The Morgan fingerprint density at radius 2 is 2.25 bits per heavy atom. The molecule has 0 saturated carbocycles. The van der Waals surface area contributed by atoms with Crippen molar-refractivity contribution < 1.29 is 14.8 Å². The Kier molecular flexibility index (Phi) is 3.60. The fraction of sp³-hybridized carbons (Fsp3) is 0.0769. The maximum Gasteiger partial charge on any atom is 0.328 e. The Hall–Kier alpha value is -2.96. The third-order valence-electron chi connectivity index (χ3n) is 2.57. The number of benzene rings is 1. The number of aryl methyl sites for hydroxylation is 1. The van der Waals surface area contributed by atoms with Gasteiger partial charge in [-0.3, -0.25) is 10.1 Å². The van der Waals surface area contributed by atoms with Crippen LogP contribution in [-0.4, -0.2) is 25.8 Å². The number of carbonyl (C=O) groups is 1. The third-order valence-corrected chi connectivity index (χ3v) is 2.57. The number of nitro groups is 1. The summed E-state index contributed by atoms with van der Waals surface area (Å²) in [6.07, 6.45) is 5.50. The Morgan fingerprint density at radius 3 is 2.80 bits per heavy atom. The summed E-state index contributed by atoms with van der Waals surface area (Å²) in [5, 5.41) is 23.7. The van der Waals surface area contributed by atoms with Crippen LogP contribution in [0.15, 0.2) is 36.7 Å². The van der Waals surface area contributed by atoms with Gasteiger partial charge >= 0.3 is 5.97 Å². The molecule has 102 valence electrons. The first-order chi connectivity index (χ1) is 9.47. The minimum absolute atomic E-state index is 0.138. The Labute approximate surface area is 113 Å². The molecule has 0 atom stereocenters. The molecular formula is C13H11N3O4. The summed E-state index contributed by atoms with van der Waals surface area (Å²) in [4.78, 5) is 21.0. The predicted molar refractivity (Wildman–Crippen MR) is 71.6 cm³/mol. The van der Waals surface area contributed by atoms with Gasteiger partial charge in [0, 0.05) is 18.3 Å². The van der Waals surface area contributed by atoms with Crippen molar-refractivity contribution in [3.63, 3.8) is 0 Å². The van der Waals surface area contributed by atoms with Gasteiger partial charge in [0.15, 0.2) is 0 Å². The van der Waals surface area contributed by atoms with E-state index in [0.29, 0.717) is 11.3 Å². The SMILES string of the molecule is Cc1cnn(-c2ccc(/C=C/C(=O)O)cc2[N+](=O)[O-])c1. The van der Waals surface area contributed by atoms with Crippen LogP contribution in [0.2, 0.25) is 0 Å². The first-order valence-electron chi connectivity index (χ1n) is 5.68. The van der Waals surface area contributed by atoms with Gasteiger partial charge in [-0.25, -0.2) is 9.48 Å². The Balaban J connectivity index is 2.49. The second kappa shape index (κ2) is 5.35. The summed E-state index contributed by atoms with van der Waals surface area (Å²) in [7, 11) is 0.